The minimum Gasteiger partial charge on any atom is -0.399 e. The number of amides is 1. The predicted molar refractivity (Wildman–Crippen MR) is 78.1 cm³/mol. The fraction of sp³-hybridized carbons (Fsp3) is 0.250. The maximum Gasteiger partial charge on any atom is 0.255 e. The lowest BCUT2D eigenvalue weighted by Gasteiger charge is -2.25. The van der Waals surface area contributed by atoms with E-state index in [-0.39, 0.29) is 11.9 Å². The largest absolute Gasteiger partial charge is 0.399 e. The molecule has 2 N–H and O–H groups in total. The van der Waals surface area contributed by atoms with Crippen LogP contribution in [0.1, 0.15) is 34.8 Å². The fourth-order valence-corrected chi connectivity index (χ4v) is 2.78. The van der Waals surface area contributed by atoms with E-state index < -0.39 is 0 Å². The van der Waals surface area contributed by atoms with Crippen LogP contribution in [-0.2, 0) is 0 Å². The molecule has 1 fully saturated rings. The number of carbonyl (C=O) groups is 1. The summed E-state index contributed by atoms with van der Waals surface area (Å²) in [6.07, 6.45) is 5.30. The Bertz CT molecular complexity index is 612. The molecule has 1 aromatic heterocycles. The Morgan fingerprint density at radius 3 is 2.95 bits per heavy atom. The number of nitrogens with two attached hydrogens (primary N) is 1. The van der Waals surface area contributed by atoms with Crippen LogP contribution in [-0.4, -0.2) is 22.3 Å². The number of rotatable bonds is 2. The lowest BCUT2D eigenvalue weighted by Crippen LogP contribution is -2.30. The van der Waals surface area contributed by atoms with Gasteiger partial charge in [0.2, 0.25) is 0 Å². The van der Waals surface area contributed by atoms with Gasteiger partial charge in [0, 0.05) is 24.6 Å². The maximum absolute atomic E-state index is 12.6. The number of anilines is 1. The maximum atomic E-state index is 12.6. The summed E-state index contributed by atoms with van der Waals surface area (Å²) < 4.78 is 0. The third-order valence-corrected chi connectivity index (χ3v) is 3.72. The molecule has 1 saturated heterocycles. The van der Waals surface area contributed by atoms with Crippen LogP contribution in [0.2, 0.25) is 0 Å². The van der Waals surface area contributed by atoms with Crippen molar-refractivity contribution in [2.24, 2.45) is 0 Å². The lowest BCUT2D eigenvalue weighted by molar-refractivity contribution is 0.0735. The number of hydrogen-bond donors (Lipinski definition) is 1. The first-order valence-corrected chi connectivity index (χ1v) is 6.82. The number of likely N-dealkylation sites (tertiary alicyclic amines) is 1. The van der Waals surface area contributed by atoms with Crippen molar-refractivity contribution in [3.63, 3.8) is 0 Å². The second-order valence-electron chi connectivity index (χ2n) is 5.07. The van der Waals surface area contributed by atoms with Crippen LogP contribution in [0.15, 0.2) is 48.8 Å². The molecule has 1 amide bonds. The summed E-state index contributed by atoms with van der Waals surface area (Å²) in [5.41, 5.74) is 8.34. The predicted octanol–water partition coefficient (Wildman–Crippen LogP) is 2.64. The summed E-state index contributed by atoms with van der Waals surface area (Å²) in [4.78, 5) is 18.5. The number of carbonyl (C=O) groups excluding carboxylic acids is 1. The van der Waals surface area contributed by atoms with Gasteiger partial charge in [-0.05, 0) is 42.7 Å². The summed E-state index contributed by atoms with van der Waals surface area (Å²) in [7, 11) is 0. The molecule has 3 rings (SSSR count). The minimum absolute atomic E-state index is 0.0445. The Balaban J connectivity index is 1.88. The van der Waals surface area contributed by atoms with Crippen LogP contribution in [0.5, 0.6) is 0 Å². The van der Waals surface area contributed by atoms with E-state index >= 15 is 0 Å². The van der Waals surface area contributed by atoms with E-state index in [1.807, 2.05) is 35.2 Å². The van der Waals surface area contributed by atoms with Gasteiger partial charge < -0.3 is 10.6 Å². The minimum atomic E-state index is 0.0445. The van der Waals surface area contributed by atoms with Gasteiger partial charge in [-0.3, -0.25) is 9.78 Å². The molecule has 0 bridgehead atoms. The van der Waals surface area contributed by atoms with Gasteiger partial charge in [-0.1, -0.05) is 12.1 Å². The van der Waals surface area contributed by atoms with E-state index in [1.165, 1.54) is 0 Å². The first-order valence-electron chi connectivity index (χ1n) is 6.82. The smallest absolute Gasteiger partial charge is 0.255 e. The van der Waals surface area contributed by atoms with Crippen LogP contribution in [0.3, 0.4) is 0 Å². The van der Waals surface area contributed by atoms with Crippen molar-refractivity contribution in [2.75, 3.05) is 12.3 Å². The molecule has 1 aliphatic rings. The van der Waals surface area contributed by atoms with Crippen molar-refractivity contribution in [2.45, 2.75) is 18.9 Å². The van der Waals surface area contributed by atoms with E-state index in [0.29, 0.717) is 5.56 Å². The van der Waals surface area contributed by atoms with Crippen molar-refractivity contribution >= 4 is 11.6 Å². The normalized spacial score (nSPS) is 18.2. The Morgan fingerprint density at radius 1 is 1.30 bits per heavy atom. The molecule has 0 radical (unpaired) electrons. The van der Waals surface area contributed by atoms with Gasteiger partial charge in [0.15, 0.2) is 0 Å². The van der Waals surface area contributed by atoms with Crippen molar-refractivity contribution < 1.29 is 4.79 Å². The first-order chi connectivity index (χ1) is 9.75. The molecule has 0 aliphatic carbocycles. The number of aromatic nitrogens is 1. The molecule has 1 aromatic carbocycles. The van der Waals surface area contributed by atoms with Crippen molar-refractivity contribution in [1.82, 2.24) is 9.88 Å². The lowest BCUT2D eigenvalue weighted by atomic mass is 10.0. The molecule has 4 nitrogen and oxygen atoms in total. The third kappa shape index (κ3) is 2.37. The highest BCUT2D eigenvalue weighted by atomic mass is 16.2. The van der Waals surface area contributed by atoms with Gasteiger partial charge in [0.1, 0.15) is 0 Å². The van der Waals surface area contributed by atoms with Crippen LogP contribution < -0.4 is 5.73 Å². The average Bonchev–Trinajstić information content (AvgIpc) is 2.97. The number of nitrogen functional groups attached to an aromatic ring is 1. The Hall–Kier alpha value is -2.36. The second-order valence-corrected chi connectivity index (χ2v) is 5.07. The molecule has 4 heteroatoms. The zero-order valence-electron chi connectivity index (χ0n) is 11.2. The molecule has 1 unspecified atom stereocenters. The average molecular weight is 267 g/mol. The van der Waals surface area contributed by atoms with E-state index in [2.05, 4.69) is 4.98 Å². The van der Waals surface area contributed by atoms with Crippen molar-refractivity contribution in [3.05, 3.63) is 59.9 Å². The Labute approximate surface area is 118 Å². The summed E-state index contributed by atoms with van der Waals surface area (Å²) in [6.45, 7) is 0.785. The van der Waals surface area contributed by atoms with Gasteiger partial charge in [0.25, 0.3) is 5.91 Å². The fourth-order valence-electron chi connectivity index (χ4n) is 2.78. The summed E-state index contributed by atoms with van der Waals surface area (Å²) in [5, 5.41) is 0. The van der Waals surface area contributed by atoms with Gasteiger partial charge in [-0.15, -0.1) is 0 Å². The van der Waals surface area contributed by atoms with E-state index in [1.54, 1.807) is 18.5 Å². The SMILES string of the molecule is Nc1cccc(C2CCCN2C(=O)c2cccnc2)c1. The molecular formula is C16H17N3O. The Kier molecular flexibility index (Phi) is 3.37. The van der Waals surface area contributed by atoms with Crippen LogP contribution in [0.25, 0.3) is 0 Å². The van der Waals surface area contributed by atoms with Gasteiger partial charge in [0.05, 0.1) is 11.6 Å². The van der Waals surface area contributed by atoms with E-state index in [4.69, 9.17) is 5.73 Å². The first kappa shape index (κ1) is 12.7. The molecule has 2 heterocycles. The topological polar surface area (TPSA) is 59.2 Å². The van der Waals surface area contributed by atoms with E-state index in [0.717, 1.165) is 30.6 Å². The molecule has 0 saturated carbocycles. The molecule has 1 aliphatic heterocycles. The van der Waals surface area contributed by atoms with Crippen LogP contribution >= 0.6 is 0 Å². The van der Waals surface area contributed by atoms with Crippen LogP contribution in [0, 0.1) is 0 Å². The highest BCUT2D eigenvalue weighted by Gasteiger charge is 2.30. The molecular weight excluding hydrogens is 250 g/mol. The Morgan fingerprint density at radius 2 is 2.20 bits per heavy atom. The van der Waals surface area contributed by atoms with E-state index in [9.17, 15) is 4.79 Å². The number of benzene rings is 1. The van der Waals surface area contributed by atoms with Gasteiger partial charge >= 0.3 is 0 Å². The molecule has 2 aromatic rings. The third-order valence-electron chi connectivity index (χ3n) is 3.72. The number of nitrogens with zero attached hydrogens (tertiary/aromatic N) is 2. The highest BCUT2D eigenvalue weighted by Crippen LogP contribution is 2.33. The summed E-state index contributed by atoms with van der Waals surface area (Å²) in [5.74, 6) is 0.0445. The standard InChI is InChI=1S/C16H17N3O/c17-14-6-1-4-12(10-14)15-7-3-9-19(15)16(20)13-5-2-8-18-11-13/h1-2,4-6,8,10-11,15H,3,7,9,17H2. The molecule has 0 spiro atoms. The summed E-state index contributed by atoms with van der Waals surface area (Å²) in [6, 6.07) is 11.5. The number of pyridine rings is 1. The van der Waals surface area contributed by atoms with Crippen molar-refractivity contribution in [1.29, 1.82) is 0 Å². The highest BCUT2D eigenvalue weighted by molar-refractivity contribution is 5.94. The molecule has 20 heavy (non-hydrogen) atoms. The van der Waals surface area contributed by atoms with Crippen molar-refractivity contribution in [3.8, 4) is 0 Å². The zero-order chi connectivity index (χ0) is 13.9. The quantitative estimate of drug-likeness (QED) is 0.851. The van der Waals surface area contributed by atoms with Crippen LogP contribution in [0.4, 0.5) is 5.69 Å². The molecule has 102 valence electrons. The van der Waals surface area contributed by atoms with Gasteiger partial charge in [-0.2, -0.15) is 0 Å². The number of hydrogen-bond acceptors (Lipinski definition) is 3. The monoisotopic (exact) mass is 267 g/mol. The second kappa shape index (κ2) is 5.33. The molecule has 1 atom stereocenters. The van der Waals surface area contributed by atoms with Gasteiger partial charge in [-0.25, -0.2) is 0 Å². The summed E-state index contributed by atoms with van der Waals surface area (Å²) >= 11 is 0. The zero-order valence-corrected chi connectivity index (χ0v) is 11.2.